The molecule has 1 aromatic carbocycles. The van der Waals surface area contributed by atoms with Crippen LogP contribution in [0.5, 0.6) is 0 Å². The molecule has 2 aromatic rings. The molecule has 0 saturated carbocycles. The second-order valence-electron chi connectivity index (χ2n) is 6.13. The first-order valence-electron chi connectivity index (χ1n) is 8.40. The van der Waals surface area contributed by atoms with Crippen molar-refractivity contribution < 1.29 is 9.53 Å². The average Bonchev–Trinajstić information content (AvgIpc) is 2.68. The van der Waals surface area contributed by atoms with Crippen LogP contribution < -0.4 is 5.32 Å². The first kappa shape index (κ1) is 18.2. The molecule has 0 saturated heterocycles. The number of nitrogens with one attached hydrogen (secondary N) is 1. The molecule has 1 aliphatic rings. The van der Waals surface area contributed by atoms with Crippen molar-refractivity contribution in [1.29, 1.82) is 0 Å². The lowest BCUT2D eigenvalue weighted by Gasteiger charge is -2.31. The van der Waals surface area contributed by atoms with E-state index in [4.69, 9.17) is 10.3 Å². The fourth-order valence-corrected chi connectivity index (χ4v) is 3.39. The molecule has 7 heteroatoms. The maximum absolute atomic E-state index is 12.6. The van der Waals surface area contributed by atoms with Gasteiger partial charge in [-0.1, -0.05) is 29.4 Å². The molecule has 0 radical (unpaired) electrons. The maximum atomic E-state index is 12.6. The number of allylic oxidation sites excluding steroid dienone is 3. The standard InChI is InChI=1S/C20H19N5O2/c1-12-17(16-9-4-5-10-22-16)19(18(13(2)23-12)20(26)27-3)14-7-6-8-15(11-14)24-25-21/h4-11,19,23H,1-3H3. The van der Waals surface area contributed by atoms with E-state index in [9.17, 15) is 4.79 Å². The molecule has 2 heterocycles. The predicted molar refractivity (Wildman–Crippen MR) is 103 cm³/mol. The molecule has 3 rings (SSSR count). The normalized spacial score (nSPS) is 16.5. The van der Waals surface area contributed by atoms with Gasteiger partial charge in [-0.05, 0) is 43.1 Å². The first-order chi connectivity index (χ1) is 13.1. The van der Waals surface area contributed by atoms with Gasteiger partial charge in [-0.3, -0.25) is 4.98 Å². The summed E-state index contributed by atoms with van der Waals surface area (Å²) in [5, 5.41) is 6.96. The number of nitrogens with zero attached hydrogens (tertiary/aromatic N) is 4. The number of aromatic nitrogens is 1. The van der Waals surface area contributed by atoms with Crippen molar-refractivity contribution in [2.45, 2.75) is 19.8 Å². The highest BCUT2D eigenvalue weighted by Gasteiger charge is 2.34. The number of ether oxygens (including phenoxy) is 1. The van der Waals surface area contributed by atoms with E-state index < -0.39 is 11.9 Å². The van der Waals surface area contributed by atoms with Gasteiger partial charge in [-0.25, -0.2) is 4.79 Å². The van der Waals surface area contributed by atoms with Crippen molar-refractivity contribution in [3.8, 4) is 0 Å². The number of esters is 1. The number of rotatable bonds is 4. The smallest absolute Gasteiger partial charge is 0.336 e. The van der Waals surface area contributed by atoms with E-state index in [1.54, 1.807) is 24.4 Å². The highest BCUT2D eigenvalue weighted by molar-refractivity contribution is 5.97. The molecule has 0 aliphatic carbocycles. The van der Waals surface area contributed by atoms with E-state index in [2.05, 4.69) is 20.3 Å². The van der Waals surface area contributed by atoms with E-state index in [1.165, 1.54) is 7.11 Å². The number of hydrogen-bond donors (Lipinski definition) is 1. The molecule has 0 fully saturated rings. The Hall–Kier alpha value is -3.57. The van der Waals surface area contributed by atoms with Crippen LogP contribution >= 0.6 is 0 Å². The van der Waals surface area contributed by atoms with Gasteiger partial charge in [0.05, 0.1) is 18.4 Å². The molecule has 0 spiro atoms. The Labute approximate surface area is 157 Å². The molecule has 1 atom stereocenters. The van der Waals surface area contributed by atoms with Crippen LogP contribution in [0.25, 0.3) is 16.0 Å². The summed E-state index contributed by atoms with van der Waals surface area (Å²) >= 11 is 0. The van der Waals surface area contributed by atoms with E-state index in [0.717, 1.165) is 28.2 Å². The Balaban J connectivity index is 2.26. The van der Waals surface area contributed by atoms with Crippen LogP contribution in [0.4, 0.5) is 5.69 Å². The summed E-state index contributed by atoms with van der Waals surface area (Å²) in [7, 11) is 1.36. The molecule has 0 bridgehead atoms. The lowest BCUT2D eigenvalue weighted by molar-refractivity contribution is -0.136. The van der Waals surface area contributed by atoms with Gasteiger partial charge in [-0.15, -0.1) is 0 Å². The Morgan fingerprint density at radius 2 is 2.04 bits per heavy atom. The van der Waals surface area contributed by atoms with E-state index in [1.807, 2.05) is 38.1 Å². The minimum atomic E-state index is -0.417. The highest BCUT2D eigenvalue weighted by Crippen LogP contribution is 2.43. The molecule has 27 heavy (non-hydrogen) atoms. The number of carbonyl (C=O) groups is 1. The van der Waals surface area contributed by atoms with Gasteiger partial charge in [0.1, 0.15) is 0 Å². The van der Waals surface area contributed by atoms with Gasteiger partial charge >= 0.3 is 5.97 Å². The fraction of sp³-hybridized carbons (Fsp3) is 0.200. The van der Waals surface area contributed by atoms with Crippen molar-refractivity contribution in [1.82, 2.24) is 10.3 Å². The molecule has 1 unspecified atom stereocenters. The molecule has 1 N–H and O–H groups in total. The van der Waals surface area contributed by atoms with Gasteiger partial charge < -0.3 is 10.1 Å². The molecule has 136 valence electrons. The zero-order valence-corrected chi connectivity index (χ0v) is 15.3. The van der Waals surface area contributed by atoms with E-state index in [0.29, 0.717) is 11.3 Å². The quantitative estimate of drug-likeness (QED) is 0.372. The number of dihydropyridines is 1. The van der Waals surface area contributed by atoms with Crippen molar-refractivity contribution >= 4 is 17.2 Å². The van der Waals surface area contributed by atoms with E-state index >= 15 is 0 Å². The summed E-state index contributed by atoms with van der Waals surface area (Å²) < 4.78 is 5.05. The topological polar surface area (TPSA) is 100.0 Å². The third-order valence-corrected chi connectivity index (χ3v) is 4.47. The number of pyridine rings is 1. The number of azide groups is 1. The van der Waals surface area contributed by atoms with Gasteiger partial charge in [0, 0.05) is 39.7 Å². The highest BCUT2D eigenvalue weighted by atomic mass is 16.5. The number of benzene rings is 1. The zero-order chi connectivity index (χ0) is 19.4. The summed E-state index contributed by atoms with van der Waals surface area (Å²) in [6.45, 7) is 3.79. The van der Waals surface area contributed by atoms with Crippen LogP contribution in [0.2, 0.25) is 0 Å². The van der Waals surface area contributed by atoms with Crippen molar-refractivity contribution in [3.05, 3.63) is 87.3 Å². The second kappa shape index (κ2) is 7.76. The molecule has 7 nitrogen and oxygen atoms in total. The van der Waals surface area contributed by atoms with Crippen molar-refractivity contribution in [2.75, 3.05) is 7.11 Å². The summed E-state index contributed by atoms with van der Waals surface area (Å²) in [6.07, 6.45) is 1.71. The number of carbonyl (C=O) groups excluding carboxylic acids is 1. The Kier molecular flexibility index (Phi) is 5.24. The first-order valence-corrected chi connectivity index (χ1v) is 8.40. The SMILES string of the molecule is COC(=O)C1=C(C)NC(C)=C(c2ccccn2)C1c1cccc(N=[N+]=[N-])c1. The van der Waals surface area contributed by atoms with Gasteiger partial charge in [0.25, 0.3) is 0 Å². The second-order valence-corrected chi connectivity index (χ2v) is 6.13. The fourth-order valence-electron chi connectivity index (χ4n) is 3.39. The Morgan fingerprint density at radius 3 is 2.70 bits per heavy atom. The minimum Gasteiger partial charge on any atom is -0.466 e. The van der Waals surface area contributed by atoms with Crippen LogP contribution in [0.3, 0.4) is 0 Å². The van der Waals surface area contributed by atoms with E-state index in [-0.39, 0.29) is 0 Å². The molecule has 1 aromatic heterocycles. The van der Waals surface area contributed by atoms with Gasteiger partial charge in [0.2, 0.25) is 0 Å². The summed E-state index contributed by atoms with van der Waals surface area (Å²) in [5.74, 6) is -0.817. The van der Waals surface area contributed by atoms with Gasteiger partial charge in [-0.2, -0.15) is 0 Å². The summed E-state index contributed by atoms with van der Waals surface area (Å²) in [6, 6.07) is 12.8. The van der Waals surface area contributed by atoms with Crippen molar-refractivity contribution in [3.63, 3.8) is 0 Å². The maximum Gasteiger partial charge on any atom is 0.336 e. The average molecular weight is 361 g/mol. The summed E-state index contributed by atoms with van der Waals surface area (Å²) in [4.78, 5) is 19.9. The predicted octanol–water partition coefficient (Wildman–Crippen LogP) is 4.59. The lowest BCUT2D eigenvalue weighted by atomic mass is 9.79. The van der Waals surface area contributed by atoms with Crippen LogP contribution in [0.15, 0.2) is 70.7 Å². The number of hydrogen-bond acceptors (Lipinski definition) is 5. The monoisotopic (exact) mass is 361 g/mol. The minimum absolute atomic E-state index is 0.401. The van der Waals surface area contributed by atoms with Crippen LogP contribution in [-0.2, 0) is 9.53 Å². The molecule has 1 aliphatic heterocycles. The Bertz CT molecular complexity index is 988. The summed E-state index contributed by atoms with van der Waals surface area (Å²) in [5.41, 5.74) is 13.8. The lowest BCUT2D eigenvalue weighted by Crippen LogP contribution is -2.28. The molecular weight excluding hydrogens is 342 g/mol. The Morgan fingerprint density at radius 1 is 1.22 bits per heavy atom. The van der Waals surface area contributed by atoms with Crippen LogP contribution in [-0.4, -0.2) is 18.1 Å². The third kappa shape index (κ3) is 3.54. The zero-order valence-electron chi connectivity index (χ0n) is 15.3. The van der Waals surface area contributed by atoms with Crippen LogP contribution in [0, 0.1) is 0 Å². The van der Waals surface area contributed by atoms with Gasteiger partial charge in [0.15, 0.2) is 0 Å². The number of methoxy groups -OCH3 is 1. The third-order valence-electron chi connectivity index (χ3n) is 4.47. The largest absolute Gasteiger partial charge is 0.466 e. The van der Waals surface area contributed by atoms with Crippen LogP contribution in [0.1, 0.15) is 31.0 Å². The van der Waals surface area contributed by atoms with Crippen molar-refractivity contribution in [2.24, 2.45) is 5.11 Å². The molecule has 0 amide bonds. The molecular formula is C20H19N5O2.